The Bertz CT molecular complexity index is 848. The number of ether oxygens (including phenoxy) is 1. The molecule has 6 nitrogen and oxygen atoms in total. The first-order valence-electron chi connectivity index (χ1n) is 8.79. The fourth-order valence-corrected chi connectivity index (χ4v) is 5.14. The number of likely N-dealkylation sites (tertiary alicyclic amines) is 1. The molecule has 0 radical (unpaired) electrons. The van der Waals surface area contributed by atoms with Gasteiger partial charge in [0.05, 0.1) is 4.75 Å². The van der Waals surface area contributed by atoms with Crippen molar-refractivity contribution >= 4 is 17.7 Å². The molecular formula is C18H18FN3O3S. The Morgan fingerprint density at radius 3 is 3.04 bits per heavy atom. The molecule has 1 spiro atoms. The lowest BCUT2D eigenvalue weighted by molar-refractivity contribution is 0.0504. The maximum absolute atomic E-state index is 13.7. The number of carbonyl (C=O) groups is 1. The van der Waals surface area contributed by atoms with E-state index in [-0.39, 0.29) is 22.6 Å². The van der Waals surface area contributed by atoms with Crippen molar-refractivity contribution in [3.05, 3.63) is 41.7 Å². The number of nitrogens with zero attached hydrogens (tertiary/aromatic N) is 3. The van der Waals surface area contributed by atoms with Crippen LogP contribution in [-0.4, -0.2) is 50.6 Å². The number of hydrogen-bond donors (Lipinski definition) is 0. The van der Waals surface area contributed by atoms with Crippen LogP contribution in [-0.2, 0) is 0 Å². The van der Waals surface area contributed by atoms with Gasteiger partial charge in [-0.3, -0.25) is 4.79 Å². The van der Waals surface area contributed by atoms with E-state index in [9.17, 15) is 9.18 Å². The van der Waals surface area contributed by atoms with Gasteiger partial charge in [0, 0.05) is 43.4 Å². The molecule has 2 aromatic rings. The fraction of sp³-hybridized carbons (Fsp3) is 0.500. The highest BCUT2D eigenvalue weighted by molar-refractivity contribution is 8.01. The van der Waals surface area contributed by atoms with Gasteiger partial charge >= 0.3 is 0 Å². The highest BCUT2D eigenvalue weighted by Crippen LogP contribution is 2.46. The van der Waals surface area contributed by atoms with E-state index in [1.54, 1.807) is 28.8 Å². The Hall–Kier alpha value is -2.09. The number of rotatable bonds is 4. The number of thioether (sulfide) groups is 1. The molecule has 1 aliphatic carbocycles. The molecule has 136 valence electrons. The van der Waals surface area contributed by atoms with Crippen LogP contribution in [0.4, 0.5) is 4.39 Å². The van der Waals surface area contributed by atoms with Gasteiger partial charge in [0.15, 0.2) is 11.5 Å². The summed E-state index contributed by atoms with van der Waals surface area (Å²) in [5, 5.41) is 3.93. The zero-order valence-electron chi connectivity index (χ0n) is 14.1. The van der Waals surface area contributed by atoms with E-state index >= 15 is 0 Å². The summed E-state index contributed by atoms with van der Waals surface area (Å²) in [5.74, 6) is 1.58. The minimum Gasteiger partial charge on any atom is -0.471 e. The first-order chi connectivity index (χ1) is 12.6. The van der Waals surface area contributed by atoms with Gasteiger partial charge < -0.3 is 14.2 Å². The van der Waals surface area contributed by atoms with Crippen molar-refractivity contribution in [3.63, 3.8) is 0 Å². The molecule has 5 rings (SSSR count). The Morgan fingerprint density at radius 1 is 1.42 bits per heavy atom. The molecule has 0 bridgehead atoms. The Labute approximate surface area is 154 Å². The van der Waals surface area contributed by atoms with Crippen molar-refractivity contribution in [3.8, 4) is 5.88 Å². The molecule has 1 amide bonds. The molecule has 1 atom stereocenters. The van der Waals surface area contributed by atoms with Crippen LogP contribution < -0.4 is 4.74 Å². The number of carbonyl (C=O) groups excluding carboxylic acids is 1. The number of amides is 1. The molecular weight excluding hydrogens is 357 g/mol. The second-order valence-electron chi connectivity index (χ2n) is 7.28. The molecule has 1 saturated carbocycles. The van der Waals surface area contributed by atoms with Gasteiger partial charge in [-0.05, 0) is 25.0 Å². The number of halogens is 1. The molecule has 4 heterocycles. The molecule has 2 saturated heterocycles. The Morgan fingerprint density at radius 2 is 2.27 bits per heavy atom. The van der Waals surface area contributed by atoms with Gasteiger partial charge in [-0.15, -0.1) is 11.8 Å². The summed E-state index contributed by atoms with van der Waals surface area (Å²) in [4.78, 5) is 18.3. The Kier molecular flexibility index (Phi) is 3.70. The molecule has 3 aliphatic rings. The third-order valence-electron chi connectivity index (χ3n) is 5.15. The van der Waals surface area contributed by atoms with E-state index in [1.807, 2.05) is 0 Å². The highest BCUT2D eigenvalue weighted by atomic mass is 32.2. The molecule has 26 heavy (non-hydrogen) atoms. The lowest BCUT2D eigenvalue weighted by Gasteiger charge is -2.47. The first-order valence-corrected chi connectivity index (χ1v) is 9.77. The minimum atomic E-state index is -0.443. The molecule has 0 N–H and O–H groups in total. The van der Waals surface area contributed by atoms with Gasteiger partial charge in [-0.2, -0.15) is 0 Å². The van der Waals surface area contributed by atoms with Crippen LogP contribution in [0.1, 0.15) is 41.4 Å². The topological polar surface area (TPSA) is 68.5 Å². The van der Waals surface area contributed by atoms with Crippen LogP contribution >= 0.6 is 11.8 Å². The normalized spacial score (nSPS) is 23.9. The van der Waals surface area contributed by atoms with E-state index < -0.39 is 5.82 Å². The average molecular weight is 375 g/mol. The van der Waals surface area contributed by atoms with Crippen molar-refractivity contribution in [1.82, 2.24) is 15.0 Å². The SMILES string of the molecule is O=C(c1cc(C2CC2)on1)N1CC2(C[C@@H](Oc3ncccc3F)CS2)C1. The van der Waals surface area contributed by atoms with Crippen molar-refractivity contribution in [1.29, 1.82) is 0 Å². The molecule has 2 aromatic heterocycles. The third-order valence-corrected chi connectivity index (χ3v) is 6.73. The predicted molar refractivity (Wildman–Crippen MR) is 92.8 cm³/mol. The number of pyridine rings is 1. The van der Waals surface area contributed by atoms with Crippen molar-refractivity contribution < 1.29 is 18.4 Å². The van der Waals surface area contributed by atoms with E-state index in [0.717, 1.165) is 30.8 Å². The van der Waals surface area contributed by atoms with Gasteiger partial charge in [0.1, 0.15) is 11.9 Å². The molecule has 8 heteroatoms. The predicted octanol–water partition coefficient (Wildman–Crippen LogP) is 2.87. The maximum Gasteiger partial charge on any atom is 0.276 e. The van der Waals surface area contributed by atoms with Crippen LogP contribution in [0.5, 0.6) is 5.88 Å². The zero-order chi connectivity index (χ0) is 17.7. The second-order valence-corrected chi connectivity index (χ2v) is 8.77. The van der Waals surface area contributed by atoms with E-state index in [0.29, 0.717) is 24.7 Å². The minimum absolute atomic E-state index is 0.00532. The monoisotopic (exact) mass is 375 g/mol. The van der Waals surface area contributed by atoms with E-state index in [1.165, 1.54) is 12.3 Å². The molecule has 2 aliphatic heterocycles. The first kappa shape index (κ1) is 16.1. The van der Waals surface area contributed by atoms with Crippen molar-refractivity contribution in [2.24, 2.45) is 0 Å². The van der Waals surface area contributed by atoms with Crippen LogP contribution in [0.25, 0.3) is 0 Å². The molecule has 0 unspecified atom stereocenters. The Balaban J connectivity index is 1.18. The van der Waals surface area contributed by atoms with Gasteiger partial charge in [0.25, 0.3) is 11.8 Å². The quantitative estimate of drug-likeness (QED) is 0.819. The van der Waals surface area contributed by atoms with E-state index in [4.69, 9.17) is 9.26 Å². The van der Waals surface area contributed by atoms with Gasteiger partial charge in [0.2, 0.25) is 0 Å². The van der Waals surface area contributed by atoms with Crippen molar-refractivity contribution in [2.75, 3.05) is 18.8 Å². The smallest absolute Gasteiger partial charge is 0.276 e. The van der Waals surface area contributed by atoms with Gasteiger partial charge in [-0.25, -0.2) is 9.37 Å². The summed E-state index contributed by atoms with van der Waals surface area (Å²) in [6.45, 7) is 1.32. The van der Waals surface area contributed by atoms with Crippen LogP contribution in [0, 0.1) is 5.82 Å². The van der Waals surface area contributed by atoms with Gasteiger partial charge in [-0.1, -0.05) is 5.16 Å². The molecule has 0 aromatic carbocycles. The summed E-state index contributed by atoms with van der Waals surface area (Å²) < 4.78 is 24.7. The lowest BCUT2D eigenvalue weighted by atomic mass is 9.92. The average Bonchev–Trinajstić information content (AvgIpc) is 3.18. The van der Waals surface area contributed by atoms with Crippen molar-refractivity contribution in [2.45, 2.75) is 36.0 Å². The highest BCUT2D eigenvalue weighted by Gasteiger charge is 2.52. The summed E-state index contributed by atoms with van der Waals surface area (Å²) >= 11 is 1.79. The van der Waals surface area contributed by atoms with Crippen LogP contribution in [0.3, 0.4) is 0 Å². The fourth-order valence-electron chi connectivity index (χ4n) is 3.62. The summed E-state index contributed by atoms with van der Waals surface area (Å²) in [5.41, 5.74) is 0.396. The maximum atomic E-state index is 13.7. The summed E-state index contributed by atoms with van der Waals surface area (Å²) in [6, 6.07) is 4.67. The number of aromatic nitrogens is 2. The van der Waals surface area contributed by atoms with Crippen LogP contribution in [0.15, 0.2) is 28.9 Å². The second kappa shape index (κ2) is 5.97. The third kappa shape index (κ3) is 2.86. The standard InChI is InChI=1S/C18H18FN3O3S/c19-13-2-1-5-20-16(13)24-12-7-18(26-8-12)9-22(10-18)17(23)14-6-15(25-21-14)11-3-4-11/h1-2,5-6,11-12H,3-4,7-10H2/t12-/m1/s1. The summed E-state index contributed by atoms with van der Waals surface area (Å²) in [7, 11) is 0. The molecule has 3 fully saturated rings. The summed E-state index contributed by atoms with van der Waals surface area (Å²) in [6.07, 6.45) is 4.45. The zero-order valence-corrected chi connectivity index (χ0v) is 14.9. The van der Waals surface area contributed by atoms with E-state index in [2.05, 4.69) is 10.1 Å². The van der Waals surface area contributed by atoms with Crippen LogP contribution in [0.2, 0.25) is 0 Å². The lowest BCUT2D eigenvalue weighted by Crippen LogP contribution is -2.60. The number of hydrogen-bond acceptors (Lipinski definition) is 6. The largest absolute Gasteiger partial charge is 0.471 e.